The third-order valence-corrected chi connectivity index (χ3v) is 2.69. The molecule has 88 valence electrons. The summed E-state index contributed by atoms with van der Waals surface area (Å²) >= 11 is 0. The molecule has 15 heavy (non-hydrogen) atoms. The number of rotatable bonds is 6. The van der Waals surface area contributed by atoms with Gasteiger partial charge in [-0.2, -0.15) is 0 Å². The highest BCUT2D eigenvalue weighted by molar-refractivity contribution is 5.70. The maximum atomic E-state index is 11.2. The standard InChI is InChI=1S/C11H21NO3/c12-6-7-14-9-11(13)15-8-10-4-2-1-3-5-10/h10H,1-9,12H2. The van der Waals surface area contributed by atoms with E-state index in [2.05, 4.69) is 0 Å². The Balaban J connectivity index is 2.00. The van der Waals surface area contributed by atoms with Crippen molar-refractivity contribution in [3.63, 3.8) is 0 Å². The molecule has 0 amide bonds. The second-order valence-corrected chi connectivity index (χ2v) is 4.03. The van der Waals surface area contributed by atoms with E-state index in [9.17, 15) is 4.79 Å². The molecule has 2 N–H and O–H groups in total. The van der Waals surface area contributed by atoms with Gasteiger partial charge in [-0.25, -0.2) is 4.79 Å². The number of carbonyl (C=O) groups is 1. The first-order valence-corrected chi connectivity index (χ1v) is 5.76. The fourth-order valence-electron chi connectivity index (χ4n) is 1.85. The van der Waals surface area contributed by atoms with Gasteiger partial charge in [0.1, 0.15) is 6.61 Å². The van der Waals surface area contributed by atoms with E-state index in [-0.39, 0.29) is 12.6 Å². The average Bonchev–Trinajstić information content (AvgIpc) is 2.28. The molecule has 4 heteroatoms. The monoisotopic (exact) mass is 215 g/mol. The van der Waals surface area contributed by atoms with Crippen molar-refractivity contribution in [1.82, 2.24) is 0 Å². The Morgan fingerprint density at radius 1 is 1.27 bits per heavy atom. The molecular formula is C11H21NO3. The molecule has 1 aliphatic carbocycles. The van der Waals surface area contributed by atoms with Crippen LogP contribution in [0.2, 0.25) is 0 Å². The van der Waals surface area contributed by atoms with Gasteiger partial charge in [-0.1, -0.05) is 19.3 Å². The van der Waals surface area contributed by atoms with Crippen LogP contribution in [0.4, 0.5) is 0 Å². The molecular weight excluding hydrogens is 194 g/mol. The smallest absolute Gasteiger partial charge is 0.332 e. The molecule has 0 aromatic heterocycles. The molecule has 0 spiro atoms. The number of hydrogen-bond donors (Lipinski definition) is 1. The van der Waals surface area contributed by atoms with E-state index < -0.39 is 0 Å². The summed E-state index contributed by atoms with van der Waals surface area (Å²) in [6.07, 6.45) is 6.25. The molecule has 0 heterocycles. The summed E-state index contributed by atoms with van der Waals surface area (Å²) in [6.45, 7) is 1.45. The third kappa shape index (κ3) is 5.74. The molecule has 1 aliphatic rings. The van der Waals surface area contributed by atoms with Crippen molar-refractivity contribution in [2.45, 2.75) is 32.1 Å². The van der Waals surface area contributed by atoms with Gasteiger partial charge in [0.2, 0.25) is 0 Å². The van der Waals surface area contributed by atoms with Crippen molar-refractivity contribution in [3.8, 4) is 0 Å². The zero-order valence-electron chi connectivity index (χ0n) is 9.24. The van der Waals surface area contributed by atoms with Gasteiger partial charge < -0.3 is 15.2 Å². The fraction of sp³-hybridized carbons (Fsp3) is 0.909. The number of esters is 1. The van der Waals surface area contributed by atoms with Crippen molar-refractivity contribution in [2.75, 3.05) is 26.4 Å². The van der Waals surface area contributed by atoms with E-state index >= 15 is 0 Å². The van der Waals surface area contributed by atoms with Crippen LogP contribution in [0.15, 0.2) is 0 Å². The van der Waals surface area contributed by atoms with E-state index in [4.69, 9.17) is 15.2 Å². The van der Waals surface area contributed by atoms with Gasteiger partial charge in [0.25, 0.3) is 0 Å². The van der Waals surface area contributed by atoms with Gasteiger partial charge in [0.15, 0.2) is 0 Å². The SMILES string of the molecule is NCCOCC(=O)OCC1CCCCC1. The van der Waals surface area contributed by atoms with Crippen molar-refractivity contribution >= 4 is 5.97 Å². The Hall–Kier alpha value is -0.610. The molecule has 1 rings (SSSR count). The second-order valence-electron chi connectivity index (χ2n) is 4.03. The van der Waals surface area contributed by atoms with Crippen LogP contribution in [0.3, 0.4) is 0 Å². The van der Waals surface area contributed by atoms with Gasteiger partial charge in [-0.05, 0) is 18.8 Å². The molecule has 0 aromatic carbocycles. The van der Waals surface area contributed by atoms with Crippen LogP contribution < -0.4 is 5.73 Å². The first-order valence-electron chi connectivity index (χ1n) is 5.76. The summed E-state index contributed by atoms with van der Waals surface area (Å²) in [6, 6.07) is 0. The van der Waals surface area contributed by atoms with E-state index in [1.165, 1.54) is 32.1 Å². The zero-order chi connectivity index (χ0) is 10.9. The number of nitrogens with two attached hydrogens (primary N) is 1. The van der Waals surface area contributed by atoms with Crippen LogP contribution in [0.25, 0.3) is 0 Å². The summed E-state index contributed by atoms with van der Waals surface area (Å²) < 4.78 is 10.1. The van der Waals surface area contributed by atoms with Gasteiger partial charge in [0.05, 0.1) is 13.2 Å². The molecule has 4 nitrogen and oxygen atoms in total. The minimum atomic E-state index is -0.269. The highest BCUT2D eigenvalue weighted by Crippen LogP contribution is 2.23. The van der Waals surface area contributed by atoms with Crippen LogP contribution in [0.1, 0.15) is 32.1 Å². The molecule has 0 bridgehead atoms. The third-order valence-electron chi connectivity index (χ3n) is 2.69. The average molecular weight is 215 g/mol. The molecule has 0 unspecified atom stereocenters. The lowest BCUT2D eigenvalue weighted by molar-refractivity contribution is -0.150. The Labute approximate surface area is 91.1 Å². The molecule has 0 radical (unpaired) electrons. The lowest BCUT2D eigenvalue weighted by atomic mass is 9.90. The van der Waals surface area contributed by atoms with Gasteiger partial charge >= 0.3 is 5.97 Å². The van der Waals surface area contributed by atoms with Crippen LogP contribution in [0.5, 0.6) is 0 Å². The maximum Gasteiger partial charge on any atom is 0.332 e. The van der Waals surface area contributed by atoms with Crippen LogP contribution in [-0.4, -0.2) is 32.3 Å². The summed E-state index contributed by atoms with van der Waals surface area (Å²) in [5.74, 6) is 0.297. The van der Waals surface area contributed by atoms with Crippen molar-refractivity contribution in [3.05, 3.63) is 0 Å². The normalized spacial score (nSPS) is 17.7. The maximum absolute atomic E-state index is 11.2. The quantitative estimate of drug-likeness (QED) is 0.532. The van der Waals surface area contributed by atoms with E-state index in [0.717, 1.165) is 0 Å². The highest BCUT2D eigenvalue weighted by Gasteiger charge is 2.15. The van der Waals surface area contributed by atoms with Crippen LogP contribution in [0, 0.1) is 5.92 Å². The predicted octanol–water partition coefficient (Wildman–Crippen LogP) is 1.09. The minimum Gasteiger partial charge on any atom is -0.464 e. The molecule has 0 aliphatic heterocycles. The van der Waals surface area contributed by atoms with Gasteiger partial charge in [0, 0.05) is 6.54 Å². The van der Waals surface area contributed by atoms with E-state index in [0.29, 0.717) is 25.7 Å². The van der Waals surface area contributed by atoms with Crippen molar-refractivity contribution in [2.24, 2.45) is 11.7 Å². The second kappa shape index (κ2) is 7.65. The number of carbonyl (C=O) groups excluding carboxylic acids is 1. The molecule has 0 aromatic rings. The summed E-state index contributed by atoms with van der Waals surface area (Å²) in [4.78, 5) is 11.2. The topological polar surface area (TPSA) is 61.5 Å². The molecule has 0 atom stereocenters. The Kier molecular flexibility index (Phi) is 6.36. The van der Waals surface area contributed by atoms with E-state index in [1.54, 1.807) is 0 Å². The number of ether oxygens (including phenoxy) is 2. The van der Waals surface area contributed by atoms with Crippen LogP contribution >= 0.6 is 0 Å². The lowest BCUT2D eigenvalue weighted by Crippen LogP contribution is -2.21. The summed E-state index contributed by atoms with van der Waals surface area (Å²) in [5, 5.41) is 0. The van der Waals surface area contributed by atoms with Gasteiger partial charge in [-0.15, -0.1) is 0 Å². The minimum absolute atomic E-state index is 0.0317. The molecule has 1 saturated carbocycles. The first kappa shape index (κ1) is 12.5. The van der Waals surface area contributed by atoms with Crippen molar-refractivity contribution in [1.29, 1.82) is 0 Å². The Morgan fingerprint density at radius 3 is 2.67 bits per heavy atom. The predicted molar refractivity (Wildman–Crippen MR) is 57.4 cm³/mol. The summed E-state index contributed by atoms with van der Waals surface area (Å²) in [5.41, 5.74) is 5.23. The van der Waals surface area contributed by atoms with Gasteiger partial charge in [-0.3, -0.25) is 0 Å². The van der Waals surface area contributed by atoms with Crippen LogP contribution in [-0.2, 0) is 14.3 Å². The Bertz CT molecular complexity index is 179. The fourth-order valence-corrected chi connectivity index (χ4v) is 1.85. The number of hydrogen-bond acceptors (Lipinski definition) is 4. The Morgan fingerprint density at radius 2 is 2.00 bits per heavy atom. The molecule has 1 fully saturated rings. The largest absolute Gasteiger partial charge is 0.464 e. The summed E-state index contributed by atoms with van der Waals surface area (Å²) in [7, 11) is 0. The van der Waals surface area contributed by atoms with E-state index in [1.807, 2.05) is 0 Å². The lowest BCUT2D eigenvalue weighted by Gasteiger charge is -2.20. The zero-order valence-corrected chi connectivity index (χ0v) is 9.24. The van der Waals surface area contributed by atoms with Crippen molar-refractivity contribution < 1.29 is 14.3 Å². The first-order chi connectivity index (χ1) is 7.33. The highest BCUT2D eigenvalue weighted by atomic mass is 16.6. The molecule has 0 saturated heterocycles.